The number of ether oxygens (including phenoxy) is 1. The molecule has 0 amide bonds. The third-order valence-corrected chi connectivity index (χ3v) is 3.05. The zero-order valence-electron chi connectivity index (χ0n) is 9.75. The molecule has 1 unspecified atom stereocenters. The monoisotopic (exact) mass is 219 g/mol. The zero-order chi connectivity index (χ0) is 11.5. The van der Waals surface area contributed by atoms with Crippen LogP contribution in [0.5, 0.6) is 5.75 Å². The maximum Gasteiger partial charge on any atom is 0.180 e. The number of fused-ring (bicyclic) bond motifs is 1. The number of carbonyl (C=O) groups excluding carboxylic acids is 1. The van der Waals surface area contributed by atoms with Gasteiger partial charge in [-0.3, -0.25) is 4.79 Å². The number of nitrogens with one attached hydrogen (secondary N) is 1. The van der Waals surface area contributed by atoms with Gasteiger partial charge in [-0.15, -0.1) is 0 Å². The van der Waals surface area contributed by atoms with Crippen LogP contribution in [0.25, 0.3) is 0 Å². The fourth-order valence-electron chi connectivity index (χ4n) is 2.19. The molecule has 16 heavy (non-hydrogen) atoms. The molecule has 1 aromatic rings. The van der Waals surface area contributed by atoms with Crippen LogP contribution in [0.15, 0.2) is 18.2 Å². The summed E-state index contributed by atoms with van der Waals surface area (Å²) in [6.45, 7) is 2.85. The molecule has 0 aromatic heterocycles. The highest BCUT2D eigenvalue weighted by atomic mass is 16.5. The van der Waals surface area contributed by atoms with Crippen molar-refractivity contribution in [2.45, 2.75) is 25.8 Å². The standard InChI is InChI=1S/C13H17NO2/c1-3-14-12-7-5-9-4-6-10(16-2)8-11(9)13(12)15/h4,6,8,12,14H,3,5,7H2,1-2H3. The van der Waals surface area contributed by atoms with E-state index in [4.69, 9.17) is 4.74 Å². The predicted molar refractivity (Wildman–Crippen MR) is 63.1 cm³/mol. The molecule has 0 aliphatic heterocycles. The first kappa shape index (κ1) is 11.1. The molecule has 0 saturated heterocycles. The van der Waals surface area contributed by atoms with E-state index in [1.165, 1.54) is 0 Å². The van der Waals surface area contributed by atoms with Crippen LogP contribution in [0.1, 0.15) is 29.3 Å². The first-order valence-corrected chi connectivity index (χ1v) is 5.70. The Morgan fingerprint density at radius 3 is 3.00 bits per heavy atom. The molecule has 3 heteroatoms. The van der Waals surface area contributed by atoms with Gasteiger partial charge in [-0.1, -0.05) is 13.0 Å². The van der Waals surface area contributed by atoms with Gasteiger partial charge >= 0.3 is 0 Å². The Kier molecular flexibility index (Phi) is 3.25. The number of Topliss-reactive ketones (excluding diaryl/α,β-unsaturated/α-hetero) is 1. The highest BCUT2D eigenvalue weighted by molar-refractivity contribution is 6.02. The van der Waals surface area contributed by atoms with Crippen molar-refractivity contribution < 1.29 is 9.53 Å². The molecule has 3 nitrogen and oxygen atoms in total. The Morgan fingerprint density at radius 2 is 2.31 bits per heavy atom. The molecule has 1 aliphatic carbocycles. The van der Waals surface area contributed by atoms with E-state index in [0.717, 1.165) is 36.3 Å². The minimum Gasteiger partial charge on any atom is -0.497 e. The van der Waals surface area contributed by atoms with Gasteiger partial charge < -0.3 is 10.1 Å². The van der Waals surface area contributed by atoms with Crippen molar-refractivity contribution in [2.24, 2.45) is 0 Å². The van der Waals surface area contributed by atoms with E-state index in [1.807, 2.05) is 25.1 Å². The lowest BCUT2D eigenvalue weighted by molar-refractivity contribution is 0.0929. The number of rotatable bonds is 3. The lowest BCUT2D eigenvalue weighted by atomic mass is 9.87. The molecule has 1 N–H and O–H groups in total. The van der Waals surface area contributed by atoms with E-state index >= 15 is 0 Å². The zero-order valence-corrected chi connectivity index (χ0v) is 9.75. The first-order valence-electron chi connectivity index (χ1n) is 5.70. The minimum atomic E-state index is -0.0235. The number of methoxy groups -OCH3 is 1. The van der Waals surface area contributed by atoms with Crippen LogP contribution >= 0.6 is 0 Å². The van der Waals surface area contributed by atoms with Crippen LogP contribution in [0, 0.1) is 0 Å². The van der Waals surface area contributed by atoms with Crippen molar-refractivity contribution in [3.63, 3.8) is 0 Å². The summed E-state index contributed by atoms with van der Waals surface area (Å²) >= 11 is 0. The largest absolute Gasteiger partial charge is 0.497 e. The Labute approximate surface area is 95.8 Å². The number of hydrogen-bond donors (Lipinski definition) is 1. The molecule has 2 rings (SSSR count). The highest BCUT2D eigenvalue weighted by Gasteiger charge is 2.26. The van der Waals surface area contributed by atoms with Crippen molar-refractivity contribution in [3.05, 3.63) is 29.3 Å². The van der Waals surface area contributed by atoms with E-state index in [-0.39, 0.29) is 11.8 Å². The van der Waals surface area contributed by atoms with Crippen molar-refractivity contribution in [2.75, 3.05) is 13.7 Å². The second kappa shape index (κ2) is 4.66. The normalized spacial score (nSPS) is 19.4. The Bertz CT molecular complexity index is 401. The fourth-order valence-corrected chi connectivity index (χ4v) is 2.19. The van der Waals surface area contributed by atoms with E-state index in [2.05, 4.69) is 5.32 Å². The lowest BCUT2D eigenvalue weighted by Crippen LogP contribution is -2.40. The topological polar surface area (TPSA) is 38.3 Å². The Hall–Kier alpha value is -1.35. The van der Waals surface area contributed by atoms with E-state index in [0.29, 0.717) is 0 Å². The third kappa shape index (κ3) is 1.95. The fraction of sp³-hybridized carbons (Fsp3) is 0.462. The smallest absolute Gasteiger partial charge is 0.180 e. The van der Waals surface area contributed by atoms with Gasteiger partial charge in [-0.05, 0) is 37.1 Å². The molecule has 0 fully saturated rings. The van der Waals surface area contributed by atoms with Crippen molar-refractivity contribution in [3.8, 4) is 5.75 Å². The van der Waals surface area contributed by atoms with Crippen LogP contribution in [0.3, 0.4) is 0 Å². The number of carbonyl (C=O) groups is 1. The van der Waals surface area contributed by atoms with Crippen LogP contribution < -0.4 is 10.1 Å². The van der Waals surface area contributed by atoms with Crippen LogP contribution in [0.2, 0.25) is 0 Å². The van der Waals surface area contributed by atoms with Gasteiger partial charge in [-0.2, -0.15) is 0 Å². The predicted octanol–water partition coefficient (Wildman–Crippen LogP) is 1.80. The maximum atomic E-state index is 12.2. The second-order valence-corrected chi connectivity index (χ2v) is 4.04. The molecule has 0 saturated carbocycles. The quantitative estimate of drug-likeness (QED) is 0.842. The SMILES string of the molecule is CCNC1CCc2ccc(OC)cc2C1=O. The number of aryl methyl sites for hydroxylation is 1. The van der Waals surface area contributed by atoms with E-state index < -0.39 is 0 Å². The van der Waals surface area contributed by atoms with Gasteiger partial charge in [0.1, 0.15) is 5.75 Å². The number of likely N-dealkylation sites (N-methyl/N-ethyl adjacent to an activating group) is 1. The lowest BCUT2D eigenvalue weighted by Gasteiger charge is -2.24. The van der Waals surface area contributed by atoms with Gasteiger partial charge in [0.05, 0.1) is 13.2 Å². The van der Waals surface area contributed by atoms with Crippen LogP contribution in [0.4, 0.5) is 0 Å². The van der Waals surface area contributed by atoms with Gasteiger partial charge in [-0.25, -0.2) is 0 Å². The Balaban J connectivity index is 2.31. The summed E-state index contributed by atoms with van der Waals surface area (Å²) < 4.78 is 5.15. The molecule has 0 heterocycles. The van der Waals surface area contributed by atoms with Gasteiger partial charge in [0.25, 0.3) is 0 Å². The van der Waals surface area contributed by atoms with Crippen LogP contribution in [-0.2, 0) is 6.42 Å². The van der Waals surface area contributed by atoms with Crippen LogP contribution in [-0.4, -0.2) is 25.5 Å². The number of ketones is 1. The van der Waals surface area contributed by atoms with Gasteiger partial charge in [0, 0.05) is 5.56 Å². The summed E-state index contributed by atoms with van der Waals surface area (Å²) in [5, 5.41) is 3.22. The number of benzene rings is 1. The molecule has 0 spiro atoms. The van der Waals surface area contributed by atoms with Crippen molar-refractivity contribution in [1.82, 2.24) is 5.32 Å². The maximum absolute atomic E-state index is 12.2. The summed E-state index contributed by atoms with van der Waals surface area (Å²) in [5.41, 5.74) is 1.96. The molecular formula is C13H17NO2. The molecule has 0 radical (unpaired) electrons. The van der Waals surface area contributed by atoms with Crippen molar-refractivity contribution >= 4 is 5.78 Å². The summed E-state index contributed by atoms with van der Waals surface area (Å²) in [6, 6.07) is 5.74. The van der Waals surface area contributed by atoms with E-state index in [1.54, 1.807) is 7.11 Å². The summed E-state index contributed by atoms with van der Waals surface area (Å²) in [5.74, 6) is 0.950. The molecular weight excluding hydrogens is 202 g/mol. The molecule has 86 valence electrons. The highest BCUT2D eigenvalue weighted by Crippen LogP contribution is 2.25. The van der Waals surface area contributed by atoms with E-state index in [9.17, 15) is 4.79 Å². The molecule has 1 aliphatic rings. The summed E-state index contributed by atoms with van der Waals surface area (Å²) in [7, 11) is 1.62. The summed E-state index contributed by atoms with van der Waals surface area (Å²) in [6.07, 6.45) is 1.86. The van der Waals surface area contributed by atoms with Crippen molar-refractivity contribution in [1.29, 1.82) is 0 Å². The molecule has 0 bridgehead atoms. The average molecular weight is 219 g/mol. The molecule has 1 aromatic carbocycles. The third-order valence-electron chi connectivity index (χ3n) is 3.05. The molecule has 1 atom stereocenters. The minimum absolute atomic E-state index is 0.0235. The second-order valence-electron chi connectivity index (χ2n) is 4.04. The summed E-state index contributed by atoms with van der Waals surface area (Å²) in [4.78, 5) is 12.2. The number of hydrogen-bond acceptors (Lipinski definition) is 3. The van der Waals surface area contributed by atoms with Gasteiger partial charge in [0.15, 0.2) is 5.78 Å². The Morgan fingerprint density at radius 1 is 1.50 bits per heavy atom. The first-order chi connectivity index (χ1) is 7.76. The van der Waals surface area contributed by atoms with Gasteiger partial charge in [0.2, 0.25) is 0 Å². The average Bonchev–Trinajstić information content (AvgIpc) is 2.33.